The fourth-order valence-electron chi connectivity index (χ4n) is 4.05. The van der Waals surface area contributed by atoms with E-state index in [2.05, 4.69) is 19.8 Å². The van der Waals surface area contributed by atoms with Gasteiger partial charge in [0.1, 0.15) is 5.82 Å². The second-order valence-corrected chi connectivity index (χ2v) is 8.06. The molecule has 2 aliphatic rings. The second kappa shape index (κ2) is 7.26. The van der Waals surface area contributed by atoms with Crippen molar-refractivity contribution in [2.45, 2.75) is 31.5 Å². The van der Waals surface area contributed by atoms with Gasteiger partial charge in [-0.15, -0.1) is 8.78 Å². The summed E-state index contributed by atoms with van der Waals surface area (Å²) in [5.41, 5.74) is 1.59. The Labute approximate surface area is 187 Å². The van der Waals surface area contributed by atoms with E-state index in [1.54, 1.807) is 43.3 Å². The summed E-state index contributed by atoms with van der Waals surface area (Å²) in [7, 11) is 0. The molecule has 1 fully saturated rings. The van der Waals surface area contributed by atoms with E-state index in [9.17, 15) is 23.5 Å². The van der Waals surface area contributed by atoms with Gasteiger partial charge in [-0.3, -0.25) is 4.79 Å². The Morgan fingerprint density at radius 3 is 2.48 bits per heavy atom. The first-order chi connectivity index (χ1) is 15.7. The number of aromatic carboxylic acids is 1. The van der Waals surface area contributed by atoms with Gasteiger partial charge in [0.05, 0.1) is 16.7 Å². The number of anilines is 1. The van der Waals surface area contributed by atoms with Crippen molar-refractivity contribution < 1.29 is 33.0 Å². The number of alkyl halides is 2. The molecule has 33 heavy (non-hydrogen) atoms. The number of carboxylic acid groups (broad SMARTS) is 1. The maximum absolute atomic E-state index is 13.3. The van der Waals surface area contributed by atoms with Crippen molar-refractivity contribution >= 4 is 17.7 Å². The molecule has 168 valence electrons. The molecule has 1 saturated carbocycles. The minimum atomic E-state index is -3.72. The van der Waals surface area contributed by atoms with Crippen molar-refractivity contribution in [2.75, 3.05) is 5.32 Å². The first-order valence-corrected chi connectivity index (χ1v) is 10.2. The number of ether oxygens (including phenoxy) is 2. The van der Waals surface area contributed by atoms with Crippen LogP contribution in [0.2, 0.25) is 0 Å². The van der Waals surface area contributed by atoms with Gasteiger partial charge < -0.3 is 19.9 Å². The highest BCUT2D eigenvalue weighted by atomic mass is 19.3. The smallest absolute Gasteiger partial charge is 0.478 e. The zero-order valence-corrected chi connectivity index (χ0v) is 17.4. The van der Waals surface area contributed by atoms with E-state index in [0.717, 1.165) is 0 Å². The summed E-state index contributed by atoms with van der Waals surface area (Å²) in [5, 5.41) is 12.2. The maximum Gasteiger partial charge on any atom is 0.586 e. The molecule has 1 aliphatic carbocycles. The number of aromatic nitrogens is 1. The fourth-order valence-corrected chi connectivity index (χ4v) is 4.05. The molecule has 1 aromatic heterocycles. The molecule has 7 nitrogen and oxygen atoms in total. The van der Waals surface area contributed by atoms with Crippen LogP contribution in [0.25, 0.3) is 11.3 Å². The van der Waals surface area contributed by atoms with Crippen molar-refractivity contribution in [1.82, 2.24) is 4.98 Å². The van der Waals surface area contributed by atoms with Gasteiger partial charge >= 0.3 is 12.3 Å². The fraction of sp³-hybridized carbons (Fsp3) is 0.208. The Morgan fingerprint density at radius 1 is 1.03 bits per heavy atom. The van der Waals surface area contributed by atoms with Crippen molar-refractivity contribution in [3.63, 3.8) is 0 Å². The summed E-state index contributed by atoms with van der Waals surface area (Å²) >= 11 is 0. The summed E-state index contributed by atoms with van der Waals surface area (Å²) in [6, 6.07) is 14.4. The molecule has 5 rings (SSSR count). The average Bonchev–Trinajstić information content (AvgIpc) is 3.51. The molecule has 0 spiro atoms. The zero-order chi connectivity index (χ0) is 23.4. The molecule has 0 atom stereocenters. The van der Waals surface area contributed by atoms with Crippen LogP contribution in [0, 0.1) is 6.92 Å². The molecular formula is C24H18F2N2O5. The first kappa shape index (κ1) is 20.9. The van der Waals surface area contributed by atoms with Crippen molar-refractivity contribution in [3.05, 3.63) is 71.3 Å². The van der Waals surface area contributed by atoms with Gasteiger partial charge in [-0.25, -0.2) is 9.78 Å². The topological polar surface area (TPSA) is 97.8 Å². The van der Waals surface area contributed by atoms with E-state index in [1.165, 1.54) is 18.2 Å². The Kier molecular flexibility index (Phi) is 4.59. The average molecular weight is 452 g/mol. The predicted octanol–water partition coefficient (Wildman–Crippen LogP) is 4.75. The number of benzene rings is 2. The Balaban J connectivity index is 1.40. The van der Waals surface area contributed by atoms with Gasteiger partial charge in [-0.05, 0) is 61.2 Å². The van der Waals surface area contributed by atoms with Gasteiger partial charge in [-0.2, -0.15) is 0 Å². The van der Waals surface area contributed by atoms with Crippen LogP contribution in [-0.2, 0) is 10.2 Å². The number of nitrogens with zero attached hydrogens (tertiary/aromatic N) is 1. The van der Waals surface area contributed by atoms with Crippen LogP contribution in [0.4, 0.5) is 14.6 Å². The number of carbonyl (C=O) groups excluding carboxylic acids is 1. The lowest BCUT2D eigenvalue weighted by Gasteiger charge is -2.16. The summed E-state index contributed by atoms with van der Waals surface area (Å²) in [6.07, 6.45) is -2.62. The monoisotopic (exact) mass is 452 g/mol. The zero-order valence-electron chi connectivity index (χ0n) is 17.4. The summed E-state index contributed by atoms with van der Waals surface area (Å²) in [5.74, 6) is -1.22. The highest BCUT2D eigenvalue weighted by Gasteiger charge is 2.53. The minimum absolute atomic E-state index is 0.0757. The minimum Gasteiger partial charge on any atom is -0.478 e. The number of fused-ring (bicyclic) bond motifs is 1. The van der Waals surface area contributed by atoms with Gasteiger partial charge in [0.25, 0.3) is 0 Å². The highest BCUT2D eigenvalue weighted by molar-refractivity contribution is 6.01. The largest absolute Gasteiger partial charge is 0.586 e. The predicted molar refractivity (Wildman–Crippen MR) is 114 cm³/mol. The normalized spacial score (nSPS) is 16.8. The van der Waals surface area contributed by atoms with Crippen molar-refractivity contribution in [3.8, 4) is 22.8 Å². The number of amides is 1. The second-order valence-electron chi connectivity index (χ2n) is 8.06. The molecule has 0 radical (unpaired) electrons. The lowest BCUT2D eigenvalue weighted by atomic mass is 9.94. The van der Waals surface area contributed by atoms with E-state index in [0.29, 0.717) is 41.0 Å². The van der Waals surface area contributed by atoms with E-state index in [4.69, 9.17) is 0 Å². The molecule has 2 heterocycles. The number of pyridine rings is 1. The van der Waals surface area contributed by atoms with Crippen LogP contribution in [0.15, 0.2) is 54.6 Å². The molecule has 3 aromatic rings. The van der Waals surface area contributed by atoms with Crippen LogP contribution in [0.3, 0.4) is 0 Å². The van der Waals surface area contributed by atoms with Crippen molar-refractivity contribution in [2.24, 2.45) is 0 Å². The van der Waals surface area contributed by atoms with Gasteiger partial charge in [0.15, 0.2) is 11.5 Å². The molecule has 0 saturated heterocycles. The van der Waals surface area contributed by atoms with E-state index in [-0.39, 0.29) is 23.0 Å². The number of carbonyl (C=O) groups is 2. The van der Waals surface area contributed by atoms with E-state index in [1.807, 2.05) is 0 Å². The Bertz CT molecular complexity index is 1300. The maximum atomic E-state index is 13.3. The van der Waals surface area contributed by atoms with Gasteiger partial charge in [0, 0.05) is 5.56 Å². The van der Waals surface area contributed by atoms with Crippen LogP contribution >= 0.6 is 0 Å². The standard InChI is InChI=1S/C24H18F2N2O5/c1-13-15(4-2-5-16(13)21(29)30)17-6-3-7-20(27-17)28-22(31)23(10-11-23)14-8-9-18-19(12-14)33-24(25,26)32-18/h2-9,12H,10-11H2,1H3,(H,29,30)(H,27,28,31). The lowest BCUT2D eigenvalue weighted by Crippen LogP contribution is -2.28. The molecule has 0 unspecified atom stereocenters. The quantitative estimate of drug-likeness (QED) is 0.580. The number of carboxylic acids is 1. The third kappa shape index (κ3) is 3.65. The molecule has 9 heteroatoms. The molecule has 1 aliphatic heterocycles. The molecule has 2 aromatic carbocycles. The summed E-state index contributed by atoms with van der Waals surface area (Å²) < 4.78 is 35.6. The third-order valence-corrected chi connectivity index (χ3v) is 5.97. The SMILES string of the molecule is Cc1c(C(=O)O)cccc1-c1cccc(NC(=O)C2(c3ccc4c(c3)OC(F)(F)O4)CC2)n1. The van der Waals surface area contributed by atoms with Crippen LogP contribution in [0.5, 0.6) is 11.5 Å². The van der Waals surface area contributed by atoms with E-state index < -0.39 is 17.7 Å². The summed E-state index contributed by atoms with van der Waals surface area (Å²) in [4.78, 5) is 29.1. The first-order valence-electron chi connectivity index (χ1n) is 10.2. The highest BCUT2D eigenvalue weighted by Crippen LogP contribution is 2.52. The van der Waals surface area contributed by atoms with E-state index >= 15 is 0 Å². The van der Waals surface area contributed by atoms with Crippen LogP contribution in [0.1, 0.15) is 34.3 Å². The number of rotatable bonds is 5. The molecule has 1 amide bonds. The number of halogens is 2. The summed E-state index contributed by atoms with van der Waals surface area (Å²) in [6.45, 7) is 1.70. The van der Waals surface area contributed by atoms with Crippen LogP contribution in [-0.4, -0.2) is 28.3 Å². The number of hydrogen-bond donors (Lipinski definition) is 2. The van der Waals surface area contributed by atoms with Crippen LogP contribution < -0.4 is 14.8 Å². The number of nitrogens with one attached hydrogen (secondary N) is 1. The molecule has 0 bridgehead atoms. The Morgan fingerprint density at radius 2 is 1.76 bits per heavy atom. The molecular weight excluding hydrogens is 434 g/mol. The third-order valence-electron chi connectivity index (χ3n) is 5.97. The number of hydrogen-bond acceptors (Lipinski definition) is 5. The van der Waals surface area contributed by atoms with Gasteiger partial charge in [0.2, 0.25) is 5.91 Å². The Hall–Kier alpha value is -4.01. The lowest BCUT2D eigenvalue weighted by molar-refractivity contribution is -0.286. The van der Waals surface area contributed by atoms with Crippen molar-refractivity contribution in [1.29, 1.82) is 0 Å². The molecule has 2 N–H and O–H groups in total. The van der Waals surface area contributed by atoms with Gasteiger partial charge in [-0.1, -0.05) is 24.3 Å².